The molecule has 0 amide bonds. The molecule has 1 saturated heterocycles. The summed E-state index contributed by atoms with van der Waals surface area (Å²) in [6.07, 6.45) is 0. The van der Waals surface area contributed by atoms with Gasteiger partial charge in [-0.25, -0.2) is 0 Å². The van der Waals surface area contributed by atoms with Gasteiger partial charge in [-0.2, -0.15) is 0 Å². The zero-order chi connectivity index (χ0) is 13.2. The van der Waals surface area contributed by atoms with Crippen molar-refractivity contribution in [1.82, 2.24) is 10.2 Å². The van der Waals surface area contributed by atoms with Gasteiger partial charge in [0.25, 0.3) is 0 Å². The summed E-state index contributed by atoms with van der Waals surface area (Å²) in [6.45, 7) is 6.59. The molecule has 3 rings (SSSR count). The van der Waals surface area contributed by atoms with Crippen LogP contribution in [0.2, 0.25) is 0 Å². The zero-order valence-corrected chi connectivity index (χ0v) is 12.7. The zero-order valence-electron chi connectivity index (χ0n) is 11.8. The van der Waals surface area contributed by atoms with Crippen molar-refractivity contribution in [2.24, 2.45) is 0 Å². The Balaban J connectivity index is 0.00000147. The van der Waals surface area contributed by atoms with Crippen LogP contribution < -0.4 is 19.5 Å². The van der Waals surface area contributed by atoms with Crippen molar-refractivity contribution in [1.29, 1.82) is 0 Å². The maximum absolute atomic E-state index is 5.46. The van der Waals surface area contributed by atoms with Gasteiger partial charge in [-0.05, 0) is 24.6 Å². The molecule has 1 aromatic carbocycles. The molecule has 0 bridgehead atoms. The van der Waals surface area contributed by atoms with E-state index in [2.05, 4.69) is 23.2 Å². The first kappa shape index (κ1) is 15.2. The predicted octanol–water partition coefficient (Wildman–Crippen LogP) is 1.64. The fourth-order valence-electron chi connectivity index (χ4n) is 2.69. The molecule has 0 radical (unpaired) electrons. The molecule has 1 aromatic rings. The number of hydrogen-bond donors (Lipinski definition) is 1. The summed E-state index contributed by atoms with van der Waals surface area (Å²) in [7, 11) is 1.66. The van der Waals surface area contributed by atoms with Crippen LogP contribution in [0.15, 0.2) is 12.1 Å². The fourth-order valence-corrected chi connectivity index (χ4v) is 2.69. The van der Waals surface area contributed by atoms with E-state index in [0.29, 0.717) is 6.04 Å². The van der Waals surface area contributed by atoms with Crippen LogP contribution in [-0.2, 0) is 6.54 Å². The largest absolute Gasteiger partial charge is 0.493 e. The van der Waals surface area contributed by atoms with E-state index in [4.69, 9.17) is 14.2 Å². The highest BCUT2D eigenvalue weighted by Crippen LogP contribution is 2.42. The van der Waals surface area contributed by atoms with Crippen molar-refractivity contribution in [3.63, 3.8) is 0 Å². The van der Waals surface area contributed by atoms with Crippen LogP contribution in [-0.4, -0.2) is 44.5 Å². The molecule has 20 heavy (non-hydrogen) atoms. The van der Waals surface area contributed by atoms with Crippen LogP contribution in [0.25, 0.3) is 0 Å². The van der Waals surface area contributed by atoms with Gasteiger partial charge in [0.05, 0.1) is 7.11 Å². The molecular formula is C14H21ClN2O3. The van der Waals surface area contributed by atoms with E-state index in [1.165, 1.54) is 5.56 Å². The first-order valence-electron chi connectivity index (χ1n) is 6.68. The summed E-state index contributed by atoms with van der Waals surface area (Å²) in [5.74, 6) is 2.27. The van der Waals surface area contributed by atoms with E-state index >= 15 is 0 Å². The Kier molecular flexibility index (Phi) is 4.96. The average molecular weight is 301 g/mol. The van der Waals surface area contributed by atoms with Crippen molar-refractivity contribution in [3.8, 4) is 17.2 Å². The maximum atomic E-state index is 5.46. The van der Waals surface area contributed by atoms with Crippen molar-refractivity contribution in [3.05, 3.63) is 17.7 Å². The first-order valence-corrected chi connectivity index (χ1v) is 6.68. The highest BCUT2D eigenvalue weighted by Gasteiger charge is 2.22. The molecule has 6 heteroatoms. The van der Waals surface area contributed by atoms with Gasteiger partial charge < -0.3 is 19.5 Å². The second-order valence-electron chi connectivity index (χ2n) is 5.12. The van der Waals surface area contributed by atoms with Crippen molar-refractivity contribution >= 4 is 12.4 Å². The monoisotopic (exact) mass is 300 g/mol. The van der Waals surface area contributed by atoms with Crippen LogP contribution >= 0.6 is 12.4 Å². The van der Waals surface area contributed by atoms with Gasteiger partial charge in [0, 0.05) is 32.2 Å². The van der Waals surface area contributed by atoms with Gasteiger partial charge in [0.1, 0.15) is 0 Å². The summed E-state index contributed by atoms with van der Waals surface area (Å²) in [5.41, 5.74) is 1.20. The van der Waals surface area contributed by atoms with Crippen molar-refractivity contribution in [2.75, 3.05) is 33.5 Å². The van der Waals surface area contributed by atoms with E-state index in [0.717, 1.165) is 43.4 Å². The molecule has 0 aliphatic carbocycles. The quantitative estimate of drug-likeness (QED) is 0.919. The summed E-state index contributed by atoms with van der Waals surface area (Å²) in [4.78, 5) is 2.44. The van der Waals surface area contributed by atoms with Crippen LogP contribution in [0, 0.1) is 0 Å². The van der Waals surface area contributed by atoms with Gasteiger partial charge >= 0.3 is 0 Å². The van der Waals surface area contributed by atoms with Gasteiger partial charge in [0.15, 0.2) is 11.5 Å². The molecule has 1 fully saturated rings. The molecule has 0 aromatic heterocycles. The number of nitrogens with one attached hydrogen (secondary N) is 1. The highest BCUT2D eigenvalue weighted by atomic mass is 35.5. The van der Waals surface area contributed by atoms with E-state index in [1.54, 1.807) is 7.11 Å². The smallest absolute Gasteiger partial charge is 0.231 e. The van der Waals surface area contributed by atoms with Gasteiger partial charge in [0.2, 0.25) is 12.5 Å². The predicted molar refractivity (Wildman–Crippen MR) is 79.1 cm³/mol. The Morgan fingerprint density at radius 1 is 1.40 bits per heavy atom. The highest BCUT2D eigenvalue weighted by molar-refractivity contribution is 5.85. The van der Waals surface area contributed by atoms with E-state index in [9.17, 15) is 0 Å². The minimum absolute atomic E-state index is 0. The number of benzene rings is 1. The average Bonchev–Trinajstić information content (AvgIpc) is 2.86. The Morgan fingerprint density at radius 2 is 2.25 bits per heavy atom. The third kappa shape index (κ3) is 3.11. The Hall–Kier alpha value is -1.17. The second kappa shape index (κ2) is 6.52. The number of methoxy groups -OCH3 is 1. The lowest BCUT2D eigenvalue weighted by molar-refractivity contribution is 0.171. The molecule has 1 atom stereocenters. The third-order valence-corrected chi connectivity index (χ3v) is 3.58. The summed E-state index contributed by atoms with van der Waals surface area (Å²) >= 11 is 0. The summed E-state index contributed by atoms with van der Waals surface area (Å²) in [6, 6.07) is 4.64. The number of piperazine rings is 1. The molecule has 1 N–H and O–H groups in total. The van der Waals surface area contributed by atoms with E-state index in [-0.39, 0.29) is 19.2 Å². The first-order chi connectivity index (χ1) is 9.26. The molecule has 0 spiro atoms. The SMILES string of the molecule is COc1cc(CN2CCN[C@@H](C)C2)cc2c1OCO2.Cl. The normalized spacial score (nSPS) is 21.4. The van der Waals surface area contributed by atoms with Crippen LogP contribution in [0.3, 0.4) is 0 Å². The number of nitrogens with zero attached hydrogens (tertiary/aromatic N) is 1. The van der Waals surface area contributed by atoms with Crippen molar-refractivity contribution < 1.29 is 14.2 Å². The summed E-state index contributed by atoms with van der Waals surface area (Å²) < 4.78 is 16.2. The summed E-state index contributed by atoms with van der Waals surface area (Å²) in [5, 5.41) is 3.45. The fraction of sp³-hybridized carbons (Fsp3) is 0.571. The standard InChI is InChI=1S/C14H20N2O3.ClH/c1-10-7-16(4-3-15-10)8-11-5-12(17-2)14-13(6-11)18-9-19-14;/h5-6,10,15H,3-4,7-9H2,1-2H3;1H/t10-;/m0./s1. The molecular weight excluding hydrogens is 280 g/mol. The number of ether oxygens (including phenoxy) is 3. The number of fused-ring (bicyclic) bond motifs is 1. The lowest BCUT2D eigenvalue weighted by Crippen LogP contribution is -2.48. The molecule has 2 heterocycles. The number of rotatable bonds is 3. The molecule has 2 aliphatic heterocycles. The lowest BCUT2D eigenvalue weighted by Gasteiger charge is -2.31. The third-order valence-electron chi connectivity index (χ3n) is 3.58. The van der Waals surface area contributed by atoms with Crippen LogP contribution in [0.4, 0.5) is 0 Å². The second-order valence-corrected chi connectivity index (χ2v) is 5.12. The molecule has 0 saturated carbocycles. The maximum Gasteiger partial charge on any atom is 0.231 e. The van der Waals surface area contributed by atoms with Gasteiger partial charge in [-0.15, -0.1) is 12.4 Å². The van der Waals surface area contributed by atoms with E-state index in [1.807, 2.05) is 6.07 Å². The Bertz CT molecular complexity index is 470. The minimum Gasteiger partial charge on any atom is -0.493 e. The van der Waals surface area contributed by atoms with Gasteiger partial charge in [-0.1, -0.05) is 0 Å². The molecule has 0 unspecified atom stereocenters. The van der Waals surface area contributed by atoms with Crippen LogP contribution in [0.5, 0.6) is 17.2 Å². The molecule has 112 valence electrons. The minimum atomic E-state index is 0. The molecule has 5 nitrogen and oxygen atoms in total. The molecule has 2 aliphatic rings. The Labute approximate surface area is 125 Å². The van der Waals surface area contributed by atoms with Gasteiger partial charge in [-0.3, -0.25) is 4.90 Å². The van der Waals surface area contributed by atoms with E-state index < -0.39 is 0 Å². The Morgan fingerprint density at radius 3 is 3.00 bits per heavy atom. The van der Waals surface area contributed by atoms with Crippen LogP contribution in [0.1, 0.15) is 12.5 Å². The van der Waals surface area contributed by atoms with Crippen molar-refractivity contribution in [2.45, 2.75) is 19.5 Å². The lowest BCUT2D eigenvalue weighted by atomic mass is 10.1. The topological polar surface area (TPSA) is 43.0 Å². The number of halogens is 1. The number of hydrogen-bond acceptors (Lipinski definition) is 5.